The maximum absolute atomic E-state index is 12.6. The van der Waals surface area contributed by atoms with Gasteiger partial charge in [0, 0.05) is 18.9 Å². The van der Waals surface area contributed by atoms with Crippen LogP contribution in [0.4, 0.5) is 5.69 Å². The molecule has 0 aliphatic carbocycles. The summed E-state index contributed by atoms with van der Waals surface area (Å²) >= 11 is 0. The van der Waals surface area contributed by atoms with Gasteiger partial charge in [-0.25, -0.2) is 0 Å². The maximum Gasteiger partial charge on any atom is 0.257 e. The number of benzene rings is 1. The lowest BCUT2D eigenvalue weighted by molar-refractivity contribution is 0.0952. The number of para-hydroxylation sites is 2. The number of pyridine rings is 1. The van der Waals surface area contributed by atoms with Crippen molar-refractivity contribution in [3.8, 4) is 5.75 Å². The molecule has 7 nitrogen and oxygen atoms in total. The first-order valence-corrected chi connectivity index (χ1v) is 9.32. The van der Waals surface area contributed by atoms with Gasteiger partial charge in [0.25, 0.3) is 11.8 Å². The second-order valence-electron chi connectivity index (χ2n) is 6.99. The first-order valence-electron chi connectivity index (χ1n) is 9.32. The van der Waals surface area contributed by atoms with Crippen LogP contribution < -0.4 is 15.4 Å². The molecule has 0 saturated carbocycles. The van der Waals surface area contributed by atoms with Gasteiger partial charge >= 0.3 is 0 Å². The predicted octanol–water partition coefficient (Wildman–Crippen LogP) is 2.80. The van der Waals surface area contributed by atoms with Crippen molar-refractivity contribution in [2.75, 3.05) is 32.5 Å². The van der Waals surface area contributed by atoms with Gasteiger partial charge in [-0.2, -0.15) is 0 Å². The summed E-state index contributed by atoms with van der Waals surface area (Å²) in [6, 6.07) is 8.76. The molecule has 0 saturated heterocycles. The minimum Gasteiger partial charge on any atom is -0.489 e. The molecule has 2 amide bonds. The third-order valence-corrected chi connectivity index (χ3v) is 3.83. The first-order chi connectivity index (χ1) is 13.4. The van der Waals surface area contributed by atoms with Gasteiger partial charge in [0.05, 0.1) is 22.9 Å². The van der Waals surface area contributed by atoms with Gasteiger partial charge < -0.3 is 20.3 Å². The van der Waals surface area contributed by atoms with E-state index in [0.29, 0.717) is 29.1 Å². The Morgan fingerprint density at radius 3 is 2.46 bits per heavy atom. The number of nitrogens with zero attached hydrogens (tertiary/aromatic N) is 2. The number of nitrogens with one attached hydrogen (secondary N) is 2. The van der Waals surface area contributed by atoms with E-state index in [1.54, 1.807) is 12.1 Å². The van der Waals surface area contributed by atoms with Gasteiger partial charge in [0.1, 0.15) is 5.75 Å². The number of amides is 2. The predicted molar refractivity (Wildman–Crippen MR) is 110 cm³/mol. The molecule has 1 aromatic heterocycles. The highest BCUT2D eigenvalue weighted by Gasteiger charge is 2.14. The summed E-state index contributed by atoms with van der Waals surface area (Å²) in [7, 11) is 3.97. The van der Waals surface area contributed by atoms with E-state index in [9.17, 15) is 9.59 Å². The zero-order chi connectivity index (χ0) is 20.5. The second-order valence-corrected chi connectivity index (χ2v) is 6.99. The molecule has 7 heteroatoms. The summed E-state index contributed by atoms with van der Waals surface area (Å²) in [5.74, 6) is -0.00684. The van der Waals surface area contributed by atoms with Crippen LogP contribution in [0.2, 0.25) is 0 Å². The van der Waals surface area contributed by atoms with Crippen molar-refractivity contribution < 1.29 is 14.3 Å². The molecule has 0 fully saturated rings. The van der Waals surface area contributed by atoms with Gasteiger partial charge in [0.15, 0.2) is 0 Å². The molecule has 2 rings (SSSR count). The molecule has 28 heavy (non-hydrogen) atoms. The lowest BCUT2D eigenvalue weighted by atomic mass is 10.1. The van der Waals surface area contributed by atoms with E-state index < -0.39 is 0 Å². The van der Waals surface area contributed by atoms with Crippen molar-refractivity contribution >= 4 is 17.5 Å². The van der Waals surface area contributed by atoms with Crippen LogP contribution in [0.25, 0.3) is 0 Å². The van der Waals surface area contributed by atoms with Crippen molar-refractivity contribution in [2.45, 2.75) is 26.4 Å². The Morgan fingerprint density at radius 2 is 1.79 bits per heavy atom. The van der Waals surface area contributed by atoms with Crippen LogP contribution in [-0.2, 0) is 0 Å². The van der Waals surface area contributed by atoms with Crippen LogP contribution in [0.5, 0.6) is 5.75 Å². The van der Waals surface area contributed by atoms with Crippen LogP contribution in [0.3, 0.4) is 0 Å². The first kappa shape index (κ1) is 21.4. The van der Waals surface area contributed by atoms with Crippen LogP contribution in [0, 0.1) is 0 Å². The van der Waals surface area contributed by atoms with E-state index >= 15 is 0 Å². The molecule has 0 aliphatic heterocycles. The molecule has 2 aromatic rings. The van der Waals surface area contributed by atoms with Crippen LogP contribution in [0.15, 0.2) is 42.7 Å². The molecule has 0 bridgehead atoms. The van der Waals surface area contributed by atoms with E-state index in [0.717, 1.165) is 13.0 Å². The van der Waals surface area contributed by atoms with E-state index in [4.69, 9.17) is 4.74 Å². The minimum atomic E-state index is -0.352. The molecule has 1 heterocycles. The van der Waals surface area contributed by atoms with Crippen molar-refractivity contribution in [3.05, 3.63) is 53.9 Å². The Morgan fingerprint density at radius 1 is 1.11 bits per heavy atom. The molecule has 150 valence electrons. The van der Waals surface area contributed by atoms with Crippen molar-refractivity contribution in [3.63, 3.8) is 0 Å². The second kappa shape index (κ2) is 10.4. The molecule has 1 aromatic carbocycles. The number of rotatable bonds is 9. The lowest BCUT2D eigenvalue weighted by Crippen LogP contribution is -2.27. The molecule has 2 N–H and O–H groups in total. The van der Waals surface area contributed by atoms with Crippen LogP contribution in [0.1, 0.15) is 41.0 Å². The number of aromatic nitrogens is 1. The molecule has 0 atom stereocenters. The van der Waals surface area contributed by atoms with Gasteiger partial charge in [0.2, 0.25) is 0 Å². The number of anilines is 1. The largest absolute Gasteiger partial charge is 0.489 e. The van der Waals surface area contributed by atoms with Crippen LogP contribution >= 0.6 is 0 Å². The van der Waals surface area contributed by atoms with E-state index in [1.807, 2.05) is 40.1 Å². The SMILES string of the molecule is CC(C)Oc1ccccc1NC(=O)c1cncc(C(=O)NCCCN(C)C)c1. The summed E-state index contributed by atoms with van der Waals surface area (Å²) in [6.45, 7) is 5.29. The van der Waals surface area contributed by atoms with Gasteiger partial charge in [-0.3, -0.25) is 14.6 Å². The fourth-order valence-electron chi connectivity index (χ4n) is 2.51. The van der Waals surface area contributed by atoms with Crippen LogP contribution in [-0.4, -0.2) is 55.0 Å². The van der Waals surface area contributed by atoms with Crippen molar-refractivity contribution in [1.82, 2.24) is 15.2 Å². The standard InChI is InChI=1S/C21H28N4O3/c1-15(2)28-19-9-6-5-8-18(19)24-21(27)17-12-16(13-22-14-17)20(26)23-10-7-11-25(3)4/h5-6,8-9,12-15H,7,10-11H2,1-4H3,(H,23,26)(H,24,27). The van der Waals surface area contributed by atoms with Crippen molar-refractivity contribution in [1.29, 1.82) is 0 Å². The summed E-state index contributed by atoms with van der Waals surface area (Å²) in [5, 5.41) is 5.67. The third-order valence-electron chi connectivity index (χ3n) is 3.83. The molecule has 0 unspecified atom stereocenters. The number of hydrogen-bond donors (Lipinski definition) is 2. The third kappa shape index (κ3) is 6.66. The number of hydrogen-bond acceptors (Lipinski definition) is 5. The molecule has 0 spiro atoms. The Bertz CT molecular complexity index is 806. The van der Waals surface area contributed by atoms with Crippen molar-refractivity contribution in [2.24, 2.45) is 0 Å². The molecular formula is C21H28N4O3. The Kier molecular flexibility index (Phi) is 7.95. The quantitative estimate of drug-likeness (QED) is 0.650. The smallest absolute Gasteiger partial charge is 0.257 e. The molecule has 0 aliphatic rings. The van der Waals surface area contributed by atoms with Gasteiger partial charge in [-0.1, -0.05) is 12.1 Å². The Hall–Kier alpha value is -2.93. The number of carbonyl (C=O) groups is 2. The highest BCUT2D eigenvalue weighted by atomic mass is 16.5. The fourth-order valence-corrected chi connectivity index (χ4v) is 2.51. The Balaban J connectivity index is 2.03. The average Bonchev–Trinajstić information content (AvgIpc) is 2.66. The normalized spacial score (nSPS) is 10.8. The summed E-state index contributed by atoms with van der Waals surface area (Å²) in [5.41, 5.74) is 1.23. The lowest BCUT2D eigenvalue weighted by Gasteiger charge is -2.15. The summed E-state index contributed by atoms with van der Waals surface area (Å²) in [4.78, 5) is 31.0. The number of carbonyl (C=O) groups excluding carboxylic acids is 2. The van der Waals surface area contributed by atoms with E-state index in [1.165, 1.54) is 18.5 Å². The highest BCUT2D eigenvalue weighted by molar-refractivity contribution is 6.06. The van der Waals surface area contributed by atoms with Gasteiger partial charge in [-0.05, 0) is 59.1 Å². The fraction of sp³-hybridized carbons (Fsp3) is 0.381. The van der Waals surface area contributed by atoms with Gasteiger partial charge in [-0.15, -0.1) is 0 Å². The van der Waals surface area contributed by atoms with E-state index in [-0.39, 0.29) is 17.9 Å². The summed E-state index contributed by atoms with van der Waals surface area (Å²) < 4.78 is 5.72. The zero-order valence-corrected chi connectivity index (χ0v) is 16.9. The maximum atomic E-state index is 12.6. The average molecular weight is 384 g/mol. The number of ether oxygens (including phenoxy) is 1. The molecular weight excluding hydrogens is 356 g/mol. The topological polar surface area (TPSA) is 83.6 Å². The van der Waals surface area contributed by atoms with E-state index in [2.05, 4.69) is 20.5 Å². The monoisotopic (exact) mass is 384 g/mol. The highest BCUT2D eigenvalue weighted by Crippen LogP contribution is 2.25. The Labute approximate surface area is 166 Å². The molecule has 0 radical (unpaired) electrons. The minimum absolute atomic E-state index is 0.0146. The zero-order valence-electron chi connectivity index (χ0n) is 16.9. The summed E-state index contributed by atoms with van der Waals surface area (Å²) in [6.07, 6.45) is 3.72.